The molecule has 0 saturated carbocycles. The summed E-state index contributed by atoms with van der Waals surface area (Å²) < 4.78 is 29.4. The Hall–Kier alpha value is -3.85. The molecule has 10 heteroatoms. The fourth-order valence-corrected chi connectivity index (χ4v) is 6.77. The smallest absolute Gasteiger partial charge is 0.264 e. The van der Waals surface area contributed by atoms with Crippen LogP contribution in [-0.4, -0.2) is 43.3 Å². The van der Waals surface area contributed by atoms with Crippen LogP contribution in [0.5, 0.6) is 0 Å². The fourth-order valence-electron chi connectivity index (χ4n) is 4.92. The first kappa shape index (κ1) is 34.0. The largest absolute Gasteiger partial charge is 0.350 e. The predicted molar refractivity (Wildman–Crippen MR) is 181 cm³/mol. The minimum Gasteiger partial charge on any atom is -0.350 e. The van der Waals surface area contributed by atoms with Crippen molar-refractivity contribution in [3.05, 3.63) is 130 Å². The molecular weight excluding hydrogens is 629 g/mol. The Balaban J connectivity index is 1.85. The molecule has 1 N–H and O–H groups in total. The van der Waals surface area contributed by atoms with Crippen molar-refractivity contribution in [2.24, 2.45) is 0 Å². The van der Waals surface area contributed by atoms with Crippen LogP contribution in [0.15, 0.2) is 108 Å². The molecule has 0 spiro atoms. The molecule has 7 nitrogen and oxygen atoms in total. The molecule has 4 aromatic carbocycles. The van der Waals surface area contributed by atoms with Crippen molar-refractivity contribution in [3.8, 4) is 0 Å². The van der Waals surface area contributed by atoms with Crippen molar-refractivity contribution in [1.82, 2.24) is 10.2 Å². The highest BCUT2D eigenvalue weighted by atomic mass is 35.5. The molecule has 0 aliphatic heterocycles. The molecule has 0 heterocycles. The van der Waals surface area contributed by atoms with Gasteiger partial charge in [-0.05, 0) is 74.7 Å². The number of carbonyl (C=O) groups excluding carboxylic acids is 2. The molecule has 0 aromatic heterocycles. The van der Waals surface area contributed by atoms with Gasteiger partial charge in [-0.25, -0.2) is 8.42 Å². The van der Waals surface area contributed by atoms with Crippen molar-refractivity contribution in [3.63, 3.8) is 0 Å². The minimum atomic E-state index is -4.24. The topological polar surface area (TPSA) is 86.8 Å². The molecular formula is C35H37Cl2N3O4S. The Morgan fingerprint density at radius 1 is 0.800 bits per heavy atom. The maximum atomic E-state index is 14.6. The third-order valence-corrected chi connectivity index (χ3v) is 9.74. The maximum absolute atomic E-state index is 14.6. The van der Waals surface area contributed by atoms with Gasteiger partial charge in [-0.3, -0.25) is 13.9 Å². The van der Waals surface area contributed by atoms with Crippen LogP contribution in [-0.2, 0) is 32.6 Å². The summed E-state index contributed by atoms with van der Waals surface area (Å²) in [6.45, 7) is 6.67. The number of nitrogens with zero attached hydrogens (tertiary/aromatic N) is 2. The van der Waals surface area contributed by atoms with Gasteiger partial charge in [0.15, 0.2) is 0 Å². The summed E-state index contributed by atoms with van der Waals surface area (Å²) in [6.07, 6.45) is 0.195. The molecule has 2 amide bonds. The lowest BCUT2D eigenvalue weighted by Crippen LogP contribution is -2.56. The highest BCUT2D eigenvalue weighted by Gasteiger charge is 2.36. The molecule has 0 aliphatic rings. The lowest BCUT2D eigenvalue weighted by molar-refractivity contribution is -0.140. The number of halogens is 2. The van der Waals surface area contributed by atoms with Gasteiger partial charge in [-0.15, -0.1) is 0 Å². The van der Waals surface area contributed by atoms with Crippen molar-refractivity contribution in [1.29, 1.82) is 0 Å². The second-order valence-corrected chi connectivity index (χ2v) is 14.4. The van der Waals surface area contributed by atoms with Crippen LogP contribution in [0.4, 0.5) is 5.69 Å². The van der Waals surface area contributed by atoms with E-state index < -0.39 is 34.1 Å². The number of sulfonamides is 1. The number of benzene rings is 4. The van der Waals surface area contributed by atoms with Gasteiger partial charge in [0.05, 0.1) is 10.6 Å². The highest BCUT2D eigenvalue weighted by molar-refractivity contribution is 7.92. The zero-order valence-corrected chi connectivity index (χ0v) is 28.0. The molecule has 0 bridgehead atoms. The van der Waals surface area contributed by atoms with Gasteiger partial charge in [0.1, 0.15) is 12.6 Å². The first-order valence-electron chi connectivity index (χ1n) is 14.5. The lowest BCUT2D eigenvalue weighted by atomic mass is 10.0. The van der Waals surface area contributed by atoms with E-state index in [4.69, 9.17) is 23.2 Å². The predicted octanol–water partition coefficient (Wildman–Crippen LogP) is 7.05. The van der Waals surface area contributed by atoms with Gasteiger partial charge in [0.2, 0.25) is 11.8 Å². The Morgan fingerprint density at radius 3 is 2.00 bits per heavy atom. The van der Waals surface area contributed by atoms with Crippen molar-refractivity contribution >= 4 is 50.7 Å². The summed E-state index contributed by atoms with van der Waals surface area (Å²) in [5.41, 5.74) is 1.62. The van der Waals surface area contributed by atoms with Crippen LogP contribution in [0.1, 0.15) is 37.5 Å². The van der Waals surface area contributed by atoms with E-state index in [2.05, 4.69) is 5.32 Å². The van der Waals surface area contributed by atoms with Gasteiger partial charge in [0.25, 0.3) is 10.0 Å². The Kier molecular flexibility index (Phi) is 11.0. The Labute approximate surface area is 275 Å². The molecule has 45 heavy (non-hydrogen) atoms. The Bertz CT molecular complexity index is 1740. The van der Waals surface area contributed by atoms with Gasteiger partial charge in [0, 0.05) is 28.5 Å². The van der Waals surface area contributed by atoms with E-state index in [1.807, 2.05) is 51.1 Å². The summed E-state index contributed by atoms with van der Waals surface area (Å²) in [5.74, 6) is -0.957. The third kappa shape index (κ3) is 8.66. The summed E-state index contributed by atoms with van der Waals surface area (Å²) in [4.78, 5) is 30.0. The summed E-state index contributed by atoms with van der Waals surface area (Å²) in [6, 6.07) is 28.3. The molecule has 0 fully saturated rings. The average Bonchev–Trinajstić information content (AvgIpc) is 3.00. The van der Waals surface area contributed by atoms with Crippen LogP contribution in [0.25, 0.3) is 0 Å². The maximum Gasteiger partial charge on any atom is 0.264 e. The molecule has 0 unspecified atom stereocenters. The second-order valence-electron chi connectivity index (χ2n) is 11.8. The molecule has 4 aromatic rings. The number of amides is 2. The van der Waals surface area contributed by atoms with Crippen LogP contribution >= 0.6 is 23.2 Å². The van der Waals surface area contributed by atoms with Gasteiger partial charge < -0.3 is 10.2 Å². The Morgan fingerprint density at radius 2 is 1.38 bits per heavy atom. The van der Waals surface area contributed by atoms with Crippen LogP contribution in [0.2, 0.25) is 10.0 Å². The lowest BCUT2D eigenvalue weighted by Gasteiger charge is -2.35. The van der Waals surface area contributed by atoms with E-state index in [-0.39, 0.29) is 29.5 Å². The van der Waals surface area contributed by atoms with Gasteiger partial charge >= 0.3 is 0 Å². The van der Waals surface area contributed by atoms with Crippen LogP contribution in [0, 0.1) is 6.92 Å². The third-order valence-electron chi connectivity index (χ3n) is 7.19. The quantitative estimate of drug-likeness (QED) is 0.186. The zero-order chi connectivity index (χ0) is 32.8. The molecule has 0 saturated heterocycles. The van der Waals surface area contributed by atoms with E-state index >= 15 is 0 Å². The SMILES string of the molecule is Cc1c(Cl)cccc1N(CC(=O)N(Cc1ccccc1Cl)[C@H](Cc1ccccc1)C(=O)NC(C)(C)C)S(=O)(=O)c1ccccc1. The summed E-state index contributed by atoms with van der Waals surface area (Å²) >= 11 is 13.0. The zero-order valence-electron chi connectivity index (χ0n) is 25.7. The molecule has 0 aliphatic carbocycles. The monoisotopic (exact) mass is 665 g/mol. The van der Waals surface area contributed by atoms with E-state index in [1.54, 1.807) is 67.6 Å². The molecule has 1 atom stereocenters. The van der Waals surface area contributed by atoms with Crippen LogP contribution in [0.3, 0.4) is 0 Å². The summed E-state index contributed by atoms with van der Waals surface area (Å²) in [5, 5.41) is 3.79. The standard InChI is InChI=1S/C35H37Cl2N3O4S/c1-25-29(36)20-13-21-31(25)40(45(43,44)28-17-9-6-10-18-28)24-33(41)39(23-27-16-11-12-19-30(27)37)32(34(42)38-35(2,3)4)22-26-14-7-5-8-15-26/h5-21,32H,22-24H2,1-4H3,(H,38,42)/t32-/m1/s1. The van der Waals surface area contributed by atoms with Gasteiger partial charge in [-0.2, -0.15) is 0 Å². The van der Waals surface area contributed by atoms with Crippen LogP contribution < -0.4 is 9.62 Å². The molecule has 0 radical (unpaired) electrons. The van der Waals surface area contributed by atoms with Crippen molar-refractivity contribution in [2.45, 2.75) is 57.1 Å². The number of anilines is 1. The number of rotatable bonds is 11. The summed E-state index contributed by atoms with van der Waals surface area (Å²) in [7, 11) is -4.24. The molecule has 4 rings (SSSR count). The van der Waals surface area contributed by atoms with Gasteiger partial charge in [-0.1, -0.05) is 96.0 Å². The molecule has 236 valence electrons. The average molecular weight is 667 g/mol. The normalized spacial score (nSPS) is 12.3. The number of hydrogen-bond acceptors (Lipinski definition) is 4. The van der Waals surface area contributed by atoms with E-state index in [0.717, 1.165) is 9.87 Å². The number of nitrogens with one attached hydrogen (secondary N) is 1. The first-order chi connectivity index (χ1) is 21.3. The van der Waals surface area contributed by atoms with E-state index in [1.165, 1.54) is 17.0 Å². The van der Waals surface area contributed by atoms with E-state index in [9.17, 15) is 18.0 Å². The first-order valence-corrected chi connectivity index (χ1v) is 16.7. The van der Waals surface area contributed by atoms with Crippen molar-refractivity contribution in [2.75, 3.05) is 10.8 Å². The second kappa shape index (κ2) is 14.5. The highest BCUT2D eigenvalue weighted by Crippen LogP contribution is 2.31. The van der Waals surface area contributed by atoms with Crippen molar-refractivity contribution < 1.29 is 18.0 Å². The fraction of sp³-hybridized carbons (Fsp3) is 0.257. The minimum absolute atomic E-state index is 0.0149. The number of hydrogen-bond donors (Lipinski definition) is 1. The number of carbonyl (C=O) groups is 2. The van der Waals surface area contributed by atoms with E-state index in [0.29, 0.717) is 21.2 Å².